The van der Waals surface area contributed by atoms with Crippen LogP contribution in [0.25, 0.3) is 23.4 Å². The van der Waals surface area contributed by atoms with E-state index < -0.39 is 4.92 Å². The number of hydrogen-bond acceptors (Lipinski definition) is 6. The van der Waals surface area contributed by atoms with Crippen molar-refractivity contribution >= 4 is 29.2 Å². The fraction of sp³-hybridized carbons (Fsp3) is 0.0800. The molecule has 0 radical (unpaired) electrons. The molecule has 0 spiro atoms. The van der Waals surface area contributed by atoms with Gasteiger partial charge in [-0.2, -0.15) is 0 Å². The first kappa shape index (κ1) is 21.3. The van der Waals surface area contributed by atoms with Crippen molar-refractivity contribution in [2.75, 3.05) is 7.11 Å². The van der Waals surface area contributed by atoms with Crippen molar-refractivity contribution in [2.24, 2.45) is 0 Å². The molecule has 3 aromatic carbocycles. The minimum absolute atomic E-state index is 0.0638. The van der Waals surface area contributed by atoms with Crippen molar-refractivity contribution in [3.8, 4) is 22.8 Å². The zero-order valence-corrected chi connectivity index (χ0v) is 18.1. The van der Waals surface area contributed by atoms with Crippen LogP contribution in [0.3, 0.4) is 0 Å². The van der Waals surface area contributed by atoms with E-state index >= 15 is 0 Å². The molecule has 0 saturated heterocycles. The lowest BCUT2D eigenvalue weighted by Crippen LogP contribution is -1.97. The Morgan fingerprint density at radius 3 is 2.50 bits per heavy atom. The molecule has 6 nitrogen and oxygen atoms in total. The maximum Gasteiger partial charge on any atom is 0.269 e. The van der Waals surface area contributed by atoms with E-state index in [1.807, 2.05) is 66.1 Å². The van der Waals surface area contributed by atoms with E-state index in [-0.39, 0.29) is 5.69 Å². The van der Waals surface area contributed by atoms with Crippen LogP contribution < -0.4 is 9.47 Å². The van der Waals surface area contributed by atoms with E-state index in [0.29, 0.717) is 18.1 Å². The number of ether oxygens (including phenoxy) is 2. The maximum atomic E-state index is 10.8. The standard InChI is InChI=1S/C25H20N2O4S/c1-30-23-13-7-18(15-24(23)31-16-19-5-3-2-4-6-19)8-14-25-26-22(17-32-25)20-9-11-21(12-10-20)27(28)29/h2-15,17H,16H2,1H3/b14-8+. The molecule has 160 valence electrons. The Kier molecular flexibility index (Phi) is 6.57. The van der Waals surface area contributed by atoms with Gasteiger partial charge in [0, 0.05) is 23.1 Å². The third kappa shape index (κ3) is 5.19. The van der Waals surface area contributed by atoms with E-state index in [4.69, 9.17) is 9.47 Å². The third-order valence-corrected chi connectivity index (χ3v) is 5.55. The molecular weight excluding hydrogens is 424 g/mol. The Labute approximate surface area is 189 Å². The quantitative estimate of drug-likeness (QED) is 0.230. The number of benzene rings is 3. The van der Waals surface area contributed by atoms with Gasteiger partial charge in [0.05, 0.1) is 17.7 Å². The molecule has 0 fully saturated rings. The van der Waals surface area contributed by atoms with Gasteiger partial charge in [0.2, 0.25) is 0 Å². The summed E-state index contributed by atoms with van der Waals surface area (Å²) in [5.74, 6) is 1.34. The highest BCUT2D eigenvalue weighted by Gasteiger charge is 2.08. The molecule has 0 N–H and O–H groups in total. The summed E-state index contributed by atoms with van der Waals surface area (Å²) in [7, 11) is 1.62. The van der Waals surface area contributed by atoms with Crippen LogP contribution in [-0.4, -0.2) is 17.0 Å². The minimum Gasteiger partial charge on any atom is -0.493 e. The molecule has 0 aliphatic heterocycles. The van der Waals surface area contributed by atoms with Crippen molar-refractivity contribution in [1.82, 2.24) is 4.98 Å². The maximum absolute atomic E-state index is 10.8. The summed E-state index contributed by atoms with van der Waals surface area (Å²) in [6.07, 6.45) is 3.90. The van der Waals surface area contributed by atoms with Crippen LogP contribution in [0.2, 0.25) is 0 Å². The van der Waals surface area contributed by atoms with Crippen molar-refractivity contribution < 1.29 is 14.4 Å². The summed E-state index contributed by atoms with van der Waals surface area (Å²) >= 11 is 1.51. The van der Waals surface area contributed by atoms with E-state index in [0.717, 1.165) is 27.4 Å². The predicted molar refractivity (Wildman–Crippen MR) is 127 cm³/mol. The summed E-state index contributed by atoms with van der Waals surface area (Å²) in [6, 6.07) is 22.1. The van der Waals surface area contributed by atoms with Crippen LogP contribution in [-0.2, 0) is 6.61 Å². The van der Waals surface area contributed by atoms with Gasteiger partial charge in [0.25, 0.3) is 5.69 Å². The molecule has 0 aliphatic carbocycles. The van der Waals surface area contributed by atoms with Crippen molar-refractivity contribution in [2.45, 2.75) is 6.61 Å². The van der Waals surface area contributed by atoms with Crippen molar-refractivity contribution in [1.29, 1.82) is 0 Å². The van der Waals surface area contributed by atoms with Gasteiger partial charge in [-0.3, -0.25) is 10.1 Å². The van der Waals surface area contributed by atoms with Gasteiger partial charge in [-0.05, 0) is 41.5 Å². The summed E-state index contributed by atoms with van der Waals surface area (Å²) in [6.45, 7) is 0.454. The lowest BCUT2D eigenvalue weighted by Gasteiger charge is -2.11. The van der Waals surface area contributed by atoms with E-state index in [1.165, 1.54) is 23.5 Å². The van der Waals surface area contributed by atoms with Gasteiger partial charge in [-0.25, -0.2) is 4.98 Å². The first-order valence-electron chi connectivity index (χ1n) is 9.85. The fourth-order valence-electron chi connectivity index (χ4n) is 3.06. The van der Waals surface area contributed by atoms with Crippen LogP contribution >= 0.6 is 11.3 Å². The lowest BCUT2D eigenvalue weighted by atomic mass is 10.1. The second-order valence-electron chi connectivity index (χ2n) is 6.89. The monoisotopic (exact) mass is 444 g/mol. The Morgan fingerprint density at radius 1 is 1.00 bits per heavy atom. The molecule has 7 heteroatoms. The van der Waals surface area contributed by atoms with Gasteiger partial charge in [0.1, 0.15) is 11.6 Å². The normalized spacial score (nSPS) is 10.9. The average Bonchev–Trinajstić information content (AvgIpc) is 3.31. The van der Waals surface area contributed by atoms with Gasteiger partial charge in [-0.15, -0.1) is 11.3 Å². The lowest BCUT2D eigenvalue weighted by molar-refractivity contribution is -0.384. The predicted octanol–water partition coefficient (Wildman–Crippen LogP) is 6.48. The number of non-ortho nitro benzene ring substituents is 1. The Morgan fingerprint density at radius 2 is 1.78 bits per heavy atom. The minimum atomic E-state index is -0.411. The largest absolute Gasteiger partial charge is 0.493 e. The zero-order valence-electron chi connectivity index (χ0n) is 17.3. The second kappa shape index (κ2) is 9.89. The molecule has 4 aromatic rings. The molecule has 0 bridgehead atoms. The number of nitrogens with zero attached hydrogens (tertiary/aromatic N) is 2. The average molecular weight is 445 g/mol. The number of nitro benzene ring substituents is 1. The van der Waals surface area contributed by atoms with Gasteiger partial charge < -0.3 is 9.47 Å². The molecule has 0 amide bonds. The molecule has 32 heavy (non-hydrogen) atoms. The van der Waals surface area contributed by atoms with Crippen LogP contribution in [0.4, 0.5) is 5.69 Å². The summed E-state index contributed by atoms with van der Waals surface area (Å²) in [4.78, 5) is 15.0. The number of thiazole rings is 1. The van der Waals surface area contributed by atoms with Crippen LogP contribution in [0, 0.1) is 10.1 Å². The van der Waals surface area contributed by atoms with Crippen LogP contribution in [0.15, 0.2) is 78.2 Å². The zero-order chi connectivity index (χ0) is 22.3. The Balaban J connectivity index is 1.47. The van der Waals surface area contributed by atoms with E-state index in [2.05, 4.69) is 4.98 Å². The van der Waals surface area contributed by atoms with Crippen molar-refractivity contribution in [3.05, 3.63) is 104 Å². The SMILES string of the molecule is COc1ccc(/C=C/c2nc(-c3ccc([N+](=O)[O-])cc3)cs2)cc1OCc1ccccc1. The van der Waals surface area contributed by atoms with E-state index in [1.54, 1.807) is 19.2 Å². The van der Waals surface area contributed by atoms with Gasteiger partial charge in [0.15, 0.2) is 11.5 Å². The summed E-state index contributed by atoms with van der Waals surface area (Å²) < 4.78 is 11.4. The molecule has 1 aromatic heterocycles. The van der Waals surface area contributed by atoms with E-state index in [9.17, 15) is 10.1 Å². The topological polar surface area (TPSA) is 74.5 Å². The fourth-order valence-corrected chi connectivity index (χ4v) is 3.78. The molecule has 1 heterocycles. The number of hydrogen-bond donors (Lipinski definition) is 0. The third-order valence-electron chi connectivity index (χ3n) is 4.74. The highest BCUT2D eigenvalue weighted by molar-refractivity contribution is 7.10. The van der Waals surface area contributed by atoms with Crippen LogP contribution in [0.5, 0.6) is 11.5 Å². The molecule has 4 rings (SSSR count). The van der Waals surface area contributed by atoms with Gasteiger partial charge in [-0.1, -0.05) is 42.5 Å². The number of rotatable bonds is 8. The second-order valence-corrected chi connectivity index (χ2v) is 7.78. The molecule has 0 atom stereocenters. The Bertz CT molecular complexity index is 1230. The first-order chi connectivity index (χ1) is 15.6. The number of nitro groups is 1. The van der Waals surface area contributed by atoms with Crippen molar-refractivity contribution in [3.63, 3.8) is 0 Å². The number of methoxy groups -OCH3 is 1. The van der Waals surface area contributed by atoms with Gasteiger partial charge >= 0.3 is 0 Å². The molecule has 0 unspecified atom stereocenters. The highest BCUT2D eigenvalue weighted by Crippen LogP contribution is 2.30. The summed E-state index contributed by atoms with van der Waals surface area (Å²) in [5.41, 5.74) is 3.73. The molecule has 0 aliphatic rings. The highest BCUT2D eigenvalue weighted by atomic mass is 32.1. The number of aromatic nitrogens is 1. The molecule has 0 saturated carbocycles. The summed E-state index contributed by atoms with van der Waals surface area (Å²) in [5, 5.41) is 13.6. The first-order valence-corrected chi connectivity index (χ1v) is 10.7. The molecular formula is C25H20N2O4S. The van der Waals surface area contributed by atoms with Crippen LogP contribution in [0.1, 0.15) is 16.1 Å². The smallest absolute Gasteiger partial charge is 0.269 e. The Hall–Kier alpha value is -3.97.